The molecule has 1 saturated heterocycles. The zero-order chi connectivity index (χ0) is 13.3. The van der Waals surface area contributed by atoms with Gasteiger partial charge in [-0.05, 0) is 18.2 Å². The summed E-state index contributed by atoms with van der Waals surface area (Å²) in [5.41, 5.74) is 0.304. The number of carboxylic acid groups (broad SMARTS) is 1. The first kappa shape index (κ1) is 12.8. The zero-order valence-electron chi connectivity index (χ0n) is 10.1. The van der Waals surface area contributed by atoms with Crippen molar-refractivity contribution in [2.24, 2.45) is 0 Å². The van der Waals surface area contributed by atoms with Gasteiger partial charge >= 0.3 is 5.97 Å². The van der Waals surface area contributed by atoms with Gasteiger partial charge in [-0.2, -0.15) is 0 Å². The summed E-state index contributed by atoms with van der Waals surface area (Å²) in [6.07, 6.45) is 0. The van der Waals surface area contributed by atoms with Crippen molar-refractivity contribution in [1.82, 2.24) is 0 Å². The Morgan fingerprint density at radius 1 is 1.39 bits per heavy atom. The monoisotopic (exact) mass is 255 g/mol. The third-order valence-corrected chi connectivity index (χ3v) is 3.14. The predicted molar refractivity (Wildman–Crippen MR) is 62.3 cm³/mol. The minimum Gasteiger partial charge on any atom is -0.478 e. The predicted octanol–water partition coefficient (Wildman–Crippen LogP) is 1.33. The van der Waals surface area contributed by atoms with Crippen LogP contribution in [-0.2, 0) is 9.47 Å². The van der Waals surface area contributed by atoms with Crippen molar-refractivity contribution < 1.29 is 23.8 Å². The fraction of sp³-hybridized carbons (Fsp3) is 0.417. The van der Waals surface area contributed by atoms with Crippen molar-refractivity contribution in [3.8, 4) is 0 Å². The van der Waals surface area contributed by atoms with Crippen LogP contribution in [0.1, 0.15) is 10.4 Å². The largest absolute Gasteiger partial charge is 0.478 e. The first-order valence-electron chi connectivity index (χ1n) is 5.39. The Morgan fingerprint density at radius 3 is 2.50 bits per heavy atom. The van der Waals surface area contributed by atoms with Gasteiger partial charge in [0.05, 0.1) is 24.3 Å². The number of halogens is 1. The molecule has 6 heteroatoms. The molecule has 0 spiro atoms. The summed E-state index contributed by atoms with van der Waals surface area (Å²) in [7, 11) is 3.04. The Balaban J connectivity index is 2.21. The maximum absolute atomic E-state index is 13.6. The molecule has 1 fully saturated rings. The standard InChI is InChI=1S/C12H14FNO4/c1-17-12(18-2)6-14(7-12)10-5-8(11(15)16)3-4-9(10)13/h3-5H,6-7H2,1-2H3,(H,15,16). The lowest BCUT2D eigenvalue weighted by Crippen LogP contribution is -2.64. The summed E-state index contributed by atoms with van der Waals surface area (Å²) >= 11 is 0. The van der Waals surface area contributed by atoms with Crippen LogP contribution in [0.4, 0.5) is 10.1 Å². The van der Waals surface area contributed by atoms with Gasteiger partial charge in [0.2, 0.25) is 5.79 Å². The smallest absolute Gasteiger partial charge is 0.335 e. The van der Waals surface area contributed by atoms with E-state index >= 15 is 0 Å². The van der Waals surface area contributed by atoms with E-state index in [0.29, 0.717) is 13.1 Å². The molecule has 5 nitrogen and oxygen atoms in total. The van der Waals surface area contributed by atoms with Gasteiger partial charge in [0.15, 0.2) is 0 Å². The first-order chi connectivity index (χ1) is 8.51. The fourth-order valence-corrected chi connectivity index (χ4v) is 1.94. The van der Waals surface area contributed by atoms with Crippen molar-refractivity contribution in [2.75, 3.05) is 32.2 Å². The number of carbonyl (C=O) groups is 1. The van der Waals surface area contributed by atoms with E-state index in [9.17, 15) is 9.18 Å². The number of carboxylic acids is 1. The second-order valence-corrected chi connectivity index (χ2v) is 4.15. The Hall–Kier alpha value is -1.66. The highest BCUT2D eigenvalue weighted by atomic mass is 19.1. The number of rotatable bonds is 4. The second kappa shape index (κ2) is 4.55. The molecule has 0 radical (unpaired) electrons. The Labute approximate surface area is 104 Å². The van der Waals surface area contributed by atoms with Crippen molar-refractivity contribution in [3.63, 3.8) is 0 Å². The number of methoxy groups -OCH3 is 2. The van der Waals surface area contributed by atoms with E-state index < -0.39 is 17.6 Å². The highest BCUT2D eigenvalue weighted by Crippen LogP contribution is 2.32. The van der Waals surface area contributed by atoms with E-state index in [2.05, 4.69) is 0 Å². The molecule has 18 heavy (non-hydrogen) atoms. The van der Waals surface area contributed by atoms with Crippen LogP contribution in [0.5, 0.6) is 0 Å². The molecule has 1 aromatic carbocycles. The maximum atomic E-state index is 13.6. The van der Waals surface area contributed by atoms with E-state index in [1.54, 1.807) is 4.90 Å². The molecule has 2 rings (SSSR count). The number of ether oxygens (including phenoxy) is 2. The average molecular weight is 255 g/mol. The van der Waals surface area contributed by atoms with E-state index in [0.717, 1.165) is 6.07 Å². The third kappa shape index (κ3) is 2.04. The van der Waals surface area contributed by atoms with Crippen LogP contribution in [0, 0.1) is 5.82 Å². The number of anilines is 1. The lowest BCUT2D eigenvalue weighted by Gasteiger charge is -2.48. The molecule has 98 valence electrons. The van der Waals surface area contributed by atoms with Crippen molar-refractivity contribution in [2.45, 2.75) is 5.79 Å². The normalized spacial score (nSPS) is 17.4. The minimum absolute atomic E-state index is 0.0544. The maximum Gasteiger partial charge on any atom is 0.335 e. The molecule has 0 aliphatic carbocycles. The molecule has 1 aliphatic heterocycles. The van der Waals surface area contributed by atoms with Crippen LogP contribution >= 0.6 is 0 Å². The quantitative estimate of drug-likeness (QED) is 0.822. The van der Waals surface area contributed by atoms with Crippen molar-refractivity contribution in [1.29, 1.82) is 0 Å². The molecular formula is C12H14FNO4. The summed E-state index contributed by atoms with van der Waals surface area (Å²) < 4.78 is 24.0. The average Bonchev–Trinajstić information content (AvgIpc) is 2.30. The highest BCUT2D eigenvalue weighted by molar-refractivity contribution is 5.89. The molecule has 1 aliphatic rings. The number of aromatic carboxylic acids is 1. The number of hydrogen-bond donors (Lipinski definition) is 1. The molecule has 0 atom stereocenters. The van der Waals surface area contributed by atoms with E-state index in [-0.39, 0.29) is 11.3 Å². The molecule has 1 N–H and O–H groups in total. The van der Waals surface area contributed by atoms with Crippen molar-refractivity contribution >= 4 is 11.7 Å². The molecule has 0 amide bonds. The lowest BCUT2D eigenvalue weighted by atomic mass is 10.0. The van der Waals surface area contributed by atoms with Gasteiger partial charge in [-0.1, -0.05) is 0 Å². The van der Waals surface area contributed by atoms with Crippen molar-refractivity contribution in [3.05, 3.63) is 29.6 Å². The van der Waals surface area contributed by atoms with E-state index in [1.165, 1.54) is 26.4 Å². The Morgan fingerprint density at radius 2 is 2.00 bits per heavy atom. The molecule has 1 heterocycles. The van der Waals surface area contributed by atoms with Gasteiger partial charge in [-0.25, -0.2) is 9.18 Å². The highest BCUT2D eigenvalue weighted by Gasteiger charge is 2.44. The molecule has 0 bridgehead atoms. The molecule has 0 saturated carbocycles. The van der Waals surface area contributed by atoms with Gasteiger partial charge in [-0.15, -0.1) is 0 Å². The van der Waals surface area contributed by atoms with Crippen LogP contribution in [0.15, 0.2) is 18.2 Å². The summed E-state index contributed by atoms with van der Waals surface area (Å²) in [6.45, 7) is 0.722. The first-order valence-corrected chi connectivity index (χ1v) is 5.39. The van der Waals surface area contributed by atoms with Gasteiger partial charge in [0, 0.05) is 14.2 Å². The van der Waals surface area contributed by atoms with Crippen LogP contribution in [0.2, 0.25) is 0 Å². The van der Waals surface area contributed by atoms with E-state index in [1.807, 2.05) is 0 Å². The SMILES string of the molecule is COC1(OC)CN(c2cc(C(=O)O)ccc2F)C1. The summed E-state index contributed by atoms with van der Waals surface area (Å²) in [5, 5.41) is 8.88. The second-order valence-electron chi connectivity index (χ2n) is 4.15. The Kier molecular flexibility index (Phi) is 3.23. The van der Waals surface area contributed by atoms with Crippen LogP contribution in [0.3, 0.4) is 0 Å². The number of hydrogen-bond acceptors (Lipinski definition) is 4. The molecule has 0 unspecified atom stereocenters. The van der Waals surface area contributed by atoms with E-state index in [4.69, 9.17) is 14.6 Å². The lowest BCUT2D eigenvalue weighted by molar-refractivity contribution is -0.219. The van der Waals surface area contributed by atoms with Crippen LogP contribution < -0.4 is 4.90 Å². The summed E-state index contributed by atoms with van der Waals surface area (Å²) in [6, 6.07) is 3.70. The van der Waals surface area contributed by atoms with Gasteiger partial charge in [0.1, 0.15) is 5.82 Å². The van der Waals surface area contributed by atoms with Gasteiger partial charge < -0.3 is 19.5 Å². The topological polar surface area (TPSA) is 59.0 Å². The van der Waals surface area contributed by atoms with Crippen LogP contribution in [0.25, 0.3) is 0 Å². The molecular weight excluding hydrogens is 241 g/mol. The third-order valence-electron chi connectivity index (χ3n) is 3.14. The molecule has 1 aromatic rings. The summed E-state index contributed by atoms with van der Waals surface area (Å²) in [5.74, 6) is -2.27. The molecule has 0 aromatic heterocycles. The Bertz CT molecular complexity index is 465. The summed E-state index contributed by atoms with van der Waals surface area (Å²) in [4.78, 5) is 12.5. The number of nitrogens with zero attached hydrogens (tertiary/aromatic N) is 1. The minimum atomic E-state index is -1.08. The van der Waals surface area contributed by atoms with Gasteiger partial charge in [0.25, 0.3) is 0 Å². The van der Waals surface area contributed by atoms with Gasteiger partial charge in [-0.3, -0.25) is 0 Å². The fourth-order valence-electron chi connectivity index (χ4n) is 1.94. The number of benzene rings is 1. The zero-order valence-corrected chi connectivity index (χ0v) is 10.1. The van der Waals surface area contributed by atoms with Crippen LogP contribution in [-0.4, -0.2) is 44.2 Å².